The van der Waals surface area contributed by atoms with E-state index in [-0.39, 0.29) is 11.8 Å². The zero-order valence-corrected chi connectivity index (χ0v) is 15.5. The molecule has 4 heterocycles. The van der Waals surface area contributed by atoms with Crippen LogP contribution in [-0.2, 0) is 7.05 Å². The van der Waals surface area contributed by atoms with E-state index < -0.39 is 0 Å². The summed E-state index contributed by atoms with van der Waals surface area (Å²) in [6, 6.07) is 2.01. The third-order valence-corrected chi connectivity index (χ3v) is 6.10. The third-order valence-electron chi connectivity index (χ3n) is 4.96. The molecule has 25 heavy (non-hydrogen) atoms. The van der Waals surface area contributed by atoms with Crippen molar-refractivity contribution in [2.45, 2.75) is 32.6 Å². The molecular formula is C18H21N5OS. The number of amides is 1. The van der Waals surface area contributed by atoms with Crippen LogP contribution in [0, 0.1) is 13.8 Å². The van der Waals surface area contributed by atoms with Gasteiger partial charge < -0.3 is 4.90 Å². The summed E-state index contributed by atoms with van der Waals surface area (Å²) >= 11 is 1.59. The van der Waals surface area contributed by atoms with Crippen molar-refractivity contribution in [1.82, 2.24) is 24.6 Å². The average Bonchev–Trinajstić information content (AvgIpc) is 3.15. The van der Waals surface area contributed by atoms with Gasteiger partial charge in [-0.3, -0.25) is 4.79 Å². The van der Waals surface area contributed by atoms with Crippen molar-refractivity contribution in [2.75, 3.05) is 13.1 Å². The molecule has 0 saturated carbocycles. The van der Waals surface area contributed by atoms with Gasteiger partial charge in [0, 0.05) is 43.3 Å². The lowest BCUT2D eigenvalue weighted by atomic mass is 9.94. The maximum Gasteiger partial charge on any atom is 0.263 e. The Bertz CT molecular complexity index is 925. The molecule has 0 N–H and O–H groups in total. The SMILES string of the molecule is Cc1cc(C(=O)N2CCC[C@@H](c3nn(C)c4nccnc34)C2)sc1C. The van der Waals surface area contributed by atoms with E-state index >= 15 is 0 Å². The largest absolute Gasteiger partial charge is 0.337 e. The molecule has 1 aliphatic rings. The van der Waals surface area contributed by atoms with Crippen LogP contribution in [-0.4, -0.2) is 43.6 Å². The summed E-state index contributed by atoms with van der Waals surface area (Å²) in [7, 11) is 1.89. The first-order chi connectivity index (χ1) is 12.0. The summed E-state index contributed by atoms with van der Waals surface area (Å²) in [5, 5.41) is 4.65. The van der Waals surface area contributed by atoms with Crippen molar-refractivity contribution >= 4 is 28.4 Å². The molecule has 0 unspecified atom stereocenters. The van der Waals surface area contributed by atoms with Gasteiger partial charge in [-0.1, -0.05) is 0 Å². The number of likely N-dealkylation sites (tertiary alicyclic amines) is 1. The molecule has 0 radical (unpaired) electrons. The smallest absolute Gasteiger partial charge is 0.263 e. The number of piperidine rings is 1. The topological polar surface area (TPSA) is 63.9 Å². The second-order valence-electron chi connectivity index (χ2n) is 6.68. The molecule has 1 amide bonds. The molecule has 3 aromatic heterocycles. The van der Waals surface area contributed by atoms with Crippen LogP contribution in [0.1, 0.15) is 44.6 Å². The number of nitrogens with zero attached hydrogens (tertiary/aromatic N) is 5. The molecule has 4 rings (SSSR count). The molecular weight excluding hydrogens is 334 g/mol. The minimum Gasteiger partial charge on any atom is -0.337 e. The van der Waals surface area contributed by atoms with Crippen LogP contribution in [0.3, 0.4) is 0 Å². The van der Waals surface area contributed by atoms with Crippen LogP contribution in [0.25, 0.3) is 11.2 Å². The van der Waals surface area contributed by atoms with Crippen molar-refractivity contribution in [3.63, 3.8) is 0 Å². The van der Waals surface area contributed by atoms with Gasteiger partial charge in [0.05, 0.1) is 10.6 Å². The summed E-state index contributed by atoms with van der Waals surface area (Å²) < 4.78 is 1.78. The Balaban J connectivity index is 1.61. The maximum absolute atomic E-state index is 12.9. The molecule has 1 aliphatic heterocycles. The zero-order chi connectivity index (χ0) is 17.6. The van der Waals surface area contributed by atoms with Crippen molar-refractivity contribution in [2.24, 2.45) is 7.05 Å². The van der Waals surface area contributed by atoms with Gasteiger partial charge in [0.2, 0.25) is 0 Å². The first kappa shape index (κ1) is 16.2. The highest BCUT2D eigenvalue weighted by Crippen LogP contribution is 2.31. The molecule has 1 fully saturated rings. The summed E-state index contributed by atoms with van der Waals surface area (Å²) in [6.45, 7) is 5.62. The van der Waals surface area contributed by atoms with Gasteiger partial charge >= 0.3 is 0 Å². The van der Waals surface area contributed by atoms with E-state index in [4.69, 9.17) is 0 Å². The Kier molecular flexibility index (Phi) is 4.03. The molecule has 0 spiro atoms. The third kappa shape index (κ3) is 2.82. The zero-order valence-electron chi connectivity index (χ0n) is 14.7. The average molecular weight is 355 g/mol. The van der Waals surface area contributed by atoms with Crippen LogP contribution in [0.15, 0.2) is 18.5 Å². The number of thiophene rings is 1. The molecule has 1 atom stereocenters. The lowest BCUT2D eigenvalue weighted by molar-refractivity contribution is 0.0711. The fraction of sp³-hybridized carbons (Fsp3) is 0.444. The minimum atomic E-state index is 0.136. The quantitative estimate of drug-likeness (QED) is 0.709. The molecule has 7 heteroatoms. The number of aromatic nitrogens is 4. The lowest BCUT2D eigenvalue weighted by Gasteiger charge is -2.31. The molecule has 3 aromatic rings. The predicted molar refractivity (Wildman–Crippen MR) is 98.0 cm³/mol. The highest BCUT2D eigenvalue weighted by atomic mass is 32.1. The summed E-state index contributed by atoms with van der Waals surface area (Å²) in [6.07, 6.45) is 5.40. The Morgan fingerprint density at radius 2 is 2.08 bits per heavy atom. The van der Waals surface area contributed by atoms with Gasteiger partial charge in [-0.05, 0) is 38.3 Å². The van der Waals surface area contributed by atoms with Crippen LogP contribution in [0.4, 0.5) is 0 Å². The van der Waals surface area contributed by atoms with E-state index in [0.29, 0.717) is 6.54 Å². The second kappa shape index (κ2) is 6.22. The normalized spacial score (nSPS) is 18.0. The Labute approximate surface area is 150 Å². The van der Waals surface area contributed by atoms with E-state index in [1.54, 1.807) is 28.4 Å². The van der Waals surface area contributed by atoms with Gasteiger partial charge in [0.1, 0.15) is 5.52 Å². The van der Waals surface area contributed by atoms with Crippen LogP contribution >= 0.6 is 11.3 Å². The molecule has 0 aromatic carbocycles. The fourth-order valence-corrected chi connectivity index (χ4v) is 4.50. The molecule has 1 saturated heterocycles. The van der Waals surface area contributed by atoms with Gasteiger partial charge in [-0.15, -0.1) is 11.3 Å². The van der Waals surface area contributed by atoms with Gasteiger partial charge in [0.25, 0.3) is 5.91 Å². The highest BCUT2D eigenvalue weighted by Gasteiger charge is 2.29. The Hall–Kier alpha value is -2.28. The number of hydrogen-bond acceptors (Lipinski definition) is 5. The molecule has 130 valence electrons. The van der Waals surface area contributed by atoms with Crippen molar-refractivity contribution in [3.8, 4) is 0 Å². The predicted octanol–water partition coefficient (Wildman–Crippen LogP) is 3.06. The minimum absolute atomic E-state index is 0.136. The summed E-state index contributed by atoms with van der Waals surface area (Å²) in [5.74, 6) is 0.345. The maximum atomic E-state index is 12.9. The number of carbonyl (C=O) groups excluding carboxylic acids is 1. The Morgan fingerprint density at radius 1 is 1.28 bits per heavy atom. The monoisotopic (exact) mass is 355 g/mol. The number of fused-ring (bicyclic) bond motifs is 1. The Morgan fingerprint density at radius 3 is 2.84 bits per heavy atom. The van der Waals surface area contributed by atoms with Crippen molar-refractivity contribution in [3.05, 3.63) is 39.5 Å². The summed E-state index contributed by atoms with van der Waals surface area (Å²) in [5.41, 5.74) is 3.80. The van der Waals surface area contributed by atoms with E-state index in [1.807, 2.05) is 18.0 Å². The van der Waals surface area contributed by atoms with E-state index in [1.165, 1.54) is 10.4 Å². The lowest BCUT2D eigenvalue weighted by Crippen LogP contribution is -2.39. The highest BCUT2D eigenvalue weighted by molar-refractivity contribution is 7.14. The van der Waals surface area contributed by atoms with E-state index in [9.17, 15) is 4.79 Å². The molecule has 0 bridgehead atoms. The van der Waals surface area contributed by atoms with Gasteiger partial charge in [0.15, 0.2) is 5.65 Å². The van der Waals surface area contributed by atoms with Crippen LogP contribution in [0.5, 0.6) is 0 Å². The first-order valence-electron chi connectivity index (χ1n) is 8.54. The fourth-order valence-electron chi connectivity index (χ4n) is 3.50. The number of carbonyl (C=O) groups is 1. The van der Waals surface area contributed by atoms with Crippen molar-refractivity contribution in [1.29, 1.82) is 0 Å². The van der Waals surface area contributed by atoms with Crippen LogP contribution < -0.4 is 0 Å². The van der Waals surface area contributed by atoms with Gasteiger partial charge in [-0.2, -0.15) is 5.10 Å². The summed E-state index contributed by atoms with van der Waals surface area (Å²) in [4.78, 5) is 25.7. The molecule has 0 aliphatic carbocycles. The number of aryl methyl sites for hydroxylation is 3. The first-order valence-corrected chi connectivity index (χ1v) is 9.36. The van der Waals surface area contributed by atoms with E-state index in [2.05, 4.69) is 28.9 Å². The number of hydrogen-bond donors (Lipinski definition) is 0. The second-order valence-corrected chi connectivity index (χ2v) is 7.93. The van der Waals surface area contributed by atoms with E-state index in [0.717, 1.165) is 41.1 Å². The van der Waals surface area contributed by atoms with Crippen LogP contribution in [0.2, 0.25) is 0 Å². The van der Waals surface area contributed by atoms with Crippen molar-refractivity contribution < 1.29 is 4.79 Å². The standard InChI is InChI=1S/C18H21N5OS/c1-11-9-14(25-12(11)2)18(24)23-8-4-5-13(10-23)15-16-17(22(3)21-15)20-7-6-19-16/h6-7,9,13H,4-5,8,10H2,1-3H3/t13-/m1/s1. The van der Waals surface area contributed by atoms with Gasteiger partial charge in [-0.25, -0.2) is 14.6 Å². The number of rotatable bonds is 2. The molecule has 6 nitrogen and oxygen atoms in total.